The molecule has 0 aromatic carbocycles. The Kier molecular flexibility index (Phi) is 3.36. The monoisotopic (exact) mass is 280 g/mol. The highest BCUT2D eigenvalue weighted by Crippen LogP contribution is 2.45. The van der Waals surface area contributed by atoms with E-state index in [1.54, 1.807) is 0 Å². The van der Waals surface area contributed by atoms with Crippen LogP contribution in [0.5, 0.6) is 0 Å². The number of thioether (sulfide) groups is 1. The maximum atomic E-state index is 2.68. The van der Waals surface area contributed by atoms with E-state index < -0.39 is 0 Å². The molecule has 0 amide bonds. The summed E-state index contributed by atoms with van der Waals surface area (Å²) in [5, 5.41) is 1.95. The van der Waals surface area contributed by atoms with Gasteiger partial charge >= 0.3 is 0 Å². The molecule has 4 saturated heterocycles. The summed E-state index contributed by atoms with van der Waals surface area (Å²) in [5.41, 5.74) is 0. The van der Waals surface area contributed by atoms with Crippen LogP contribution in [0.4, 0.5) is 0 Å². The highest BCUT2D eigenvalue weighted by Gasteiger charge is 2.42. The molecule has 4 unspecified atom stereocenters. The highest BCUT2D eigenvalue weighted by molar-refractivity contribution is 8.00. The largest absolute Gasteiger partial charge is 0.300 e. The molecule has 4 atom stereocenters. The van der Waals surface area contributed by atoms with Crippen LogP contribution < -0.4 is 0 Å². The summed E-state index contributed by atoms with van der Waals surface area (Å²) in [5.74, 6) is 0. The van der Waals surface area contributed by atoms with Gasteiger partial charge in [-0.2, -0.15) is 11.8 Å². The molecule has 0 radical (unpaired) electrons. The summed E-state index contributed by atoms with van der Waals surface area (Å²) < 4.78 is 0. The molecule has 4 heterocycles. The third-order valence-electron chi connectivity index (χ3n) is 6.49. The normalized spacial score (nSPS) is 50.8. The van der Waals surface area contributed by atoms with Crippen molar-refractivity contribution >= 4 is 11.8 Å². The first-order chi connectivity index (χ1) is 9.20. The lowest BCUT2D eigenvalue weighted by Gasteiger charge is -2.40. The Morgan fingerprint density at radius 2 is 0.947 bits per heavy atom. The van der Waals surface area contributed by atoms with E-state index >= 15 is 0 Å². The zero-order chi connectivity index (χ0) is 13.0. The lowest BCUT2D eigenvalue weighted by molar-refractivity contribution is 0.176. The second-order valence-electron chi connectivity index (χ2n) is 7.42. The molecule has 4 rings (SSSR count). The van der Waals surface area contributed by atoms with Gasteiger partial charge in [0.25, 0.3) is 0 Å². The highest BCUT2D eigenvalue weighted by atomic mass is 32.2. The predicted octanol–water partition coefficient (Wildman–Crippen LogP) is 2.97. The first-order valence-electron chi connectivity index (χ1n) is 8.30. The number of rotatable bonds is 2. The predicted molar refractivity (Wildman–Crippen MR) is 82.8 cm³/mol. The Hall–Kier alpha value is 0.270. The van der Waals surface area contributed by atoms with Gasteiger partial charge in [-0.05, 0) is 65.5 Å². The van der Waals surface area contributed by atoms with Gasteiger partial charge in [-0.1, -0.05) is 0 Å². The van der Waals surface area contributed by atoms with Gasteiger partial charge < -0.3 is 9.80 Å². The molecule has 4 aliphatic heterocycles. The van der Waals surface area contributed by atoms with E-state index in [4.69, 9.17) is 0 Å². The van der Waals surface area contributed by atoms with Crippen LogP contribution >= 0.6 is 11.8 Å². The van der Waals surface area contributed by atoms with Crippen molar-refractivity contribution in [3.63, 3.8) is 0 Å². The fraction of sp³-hybridized carbons (Fsp3) is 1.00. The first-order valence-corrected chi connectivity index (χ1v) is 9.24. The van der Waals surface area contributed by atoms with Gasteiger partial charge in [-0.3, -0.25) is 0 Å². The van der Waals surface area contributed by atoms with Crippen molar-refractivity contribution in [3.05, 3.63) is 0 Å². The molecule has 4 aliphatic rings. The number of hydrogen-bond donors (Lipinski definition) is 0. The van der Waals surface area contributed by atoms with E-state index in [1.165, 1.54) is 51.4 Å². The summed E-state index contributed by atoms with van der Waals surface area (Å²) in [6.07, 6.45) is 11.8. The fourth-order valence-corrected chi connectivity index (χ4v) is 7.09. The van der Waals surface area contributed by atoms with Crippen LogP contribution in [0.1, 0.15) is 51.4 Å². The van der Waals surface area contributed by atoms with Gasteiger partial charge in [0.05, 0.1) is 0 Å². The summed E-state index contributed by atoms with van der Waals surface area (Å²) in [6, 6.07) is 3.66. The van der Waals surface area contributed by atoms with Crippen LogP contribution in [0.15, 0.2) is 0 Å². The minimum absolute atomic E-state index is 0.916. The van der Waals surface area contributed by atoms with E-state index in [2.05, 4.69) is 35.7 Å². The number of fused-ring (bicyclic) bond motifs is 4. The summed E-state index contributed by atoms with van der Waals surface area (Å²) in [6.45, 7) is 0. The Balaban J connectivity index is 1.36. The number of piperidine rings is 2. The van der Waals surface area contributed by atoms with Gasteiger partial charge in [-0.25, -0.2) is 0 Å². The van der Waals surface area contributed by atoms with Crippen LogP contribution in [0, 0.1) is 0 Å². The van der Waals surface area contributed by atoms with Gasteiger partial charge in [0.1, 0.15) is 0 Å². The van der Waals surface area contributed by atoms with Crippen LogP contribution in [0.25, 0.3) is 0 Å². The molecule has 2 nitrogen and oxygen atoms in total. The van der Waals surface area contributed by atoms with E-state index in [0.29, 0.717) is 0 Å². The first kappa shape index (κ1) is 13.0. The van der Waals surface area contributed by atoms with E-state index in [0.717, 1.165) is 34.7 Å². The average Bonchev–Trinajstić information content (AvgIpc) is 2.77. The average molecular weight is 280 g/mol. The Bertz CT molecular complexity index is 288. The molecule has 3 heteroatoms. The van der Waals surface area contributed by atoms with Gasteiger partial charge in [0.15, 0.2) is 0 Å². The molecule has 0 saturated carbocycles. The molecule has 0 aliphatic carbocycles. The van der Waals surface area contributed by atoms with Gasteiger partial charge in [0, 0.05) is 34.7 Å². The zero-order valence-corrected chi connectivity index (χ0v) is 13.2. The van der Waals surface area contributed by atoms with Crippen LogP contribution in [-0.2, 0) is 0 Å². The number of nitrogens with zero attached hydrogens (tertiary/aromatic N) is 2. The summed E-state index contributed by atoms with van der Waals surface area (Å²) in [4.78, 5) is 5.35. The molecule has 0 spiro atoms. The second kappa shape index (κ2) is 4.92. The summed E-state index contributed by atoms with van der Waals surface area (Å²) in [7, 11) is 4.72. The number of hydrogen-bond acceptors (Lipinski definition) is 3. The zero-order valence-electron chi connectivity index (χ0n) is 12.4. The summed E-state index contributed by atoms with van der Waals surface area (Å²) >= 11 is 2.39. The van der Waals surface area contributed by atoms with Crippen LogP contribution in [-0.4, -0.2) is 58.6 Å². The van der Waals surface area contributed by atoms with Crippen molar-refractivity contribution in [1.29, 1.82) is 0 Å². The van der Waals surface area contributed by atoms with Crippen molar-refractivity contribution in [2.75, 3.05) is 14.1 Å². The Morgan fingerprint density at radius 1 is 0.632 bits per heavy atom. The quantitative estimate of drug-likeness (QED) is 0.768. The van der Waals surface area contributed by atoms with E-state index in [1.807, 2.05) is 0 Å². The molecule has 4 fully saturated rings. The molecule has 0 aromatic rings. The van der Waals surface area contributed by atoms with Crippen molar-refractivity contribution in [2.24, 2.45) is 0 Å². The minimum atomic E-state index is 0.916. The lowest BCUT2D eigenvalue weighted by Crippen LogP contribution is -2.44. The van der Waals surface area contributed by atoms with Gasteiger partial charge in [-0.15, -0.1) is 0 Å². The molecule has 108 valence electrons. The van der Waals surface area contributed by atoms with Crippen molar-refractivity contribution in [3.8, 4) is 0 Å². The van der Waals surface area contributed by atoms with E-state index in [9.17, 15) is 0 Å². The third kappa shape index (κ3) is 2.26. The second-order valence-corrected chi connectivity index (χ2v) is 9.03. The molecule has 0 N–H and O–H groups in total. The third-order valence-corrected chi connectivity index (χ3v) is 8.03. The maximum Gasteiger partial charge on any atom is 0.0106 e. The van der Waals surface area contributed by atoms with Crippen molar-refractivity contribution in [1.82, 2.24) is 9.80 Å². The van der Waals surface area contributed by atoms with Crippen molar-refractivity contribution in [2.45, 2.75) is 86.0 Å². The topological polar surface area (TPSA) is 6.48 Å². The van der Waals surface area contributed by atoms with Crippen LogP contribution in [0.3, 0.4) is 0 Å². The Morgan fingerprint density at radius 3 is 1.26 bits per heavy atom. The lowest BCUT2D eigenvalue weighted by atomic mass is 10.0. The van der Waals surface area contributed by atoms with Gasteiger partial charge in [0.2, 0.25) is 0 Å². The molecule has 19 heavy (non-hydrogen) atoms. The molecular formula is C16H28N2S. The maximum absolute atomic E-state index is 2.68. The molecule has 0 aromatic heterocycles. The molecular weight excluding hydrogens is 252 g/mol. The fourth-order valence-electron chi connectivity index (χ4n) is 5.22. The van der Waals surface area contributed by atoms with E-state index in [-0.39, 0.29) is 0 Å². The van der Waals surface area contributed by atoms with Crippen molar-refractivity contribution < 1.29 is 0 Å². The SMILES string of the molecule is CN1C2CCC1CC(SC1CC3CCC(C1)N3C)C2. The molecule has 4 bridgehead atoms. The minimum Gasteiger partial charge on any atom is -0.300 e. The standard InChI is InChI=1S/C16H28N2S/c1-17-11-3-4-12(17)8-15(7-11)19-16-9-13-5-6-14(10-16)18(13)2/h11-16H,3-10H2,1-2H3. The smallest absolute Gasteiger partial charge is 0.0106 e. The van der Waals surface area contributed by atoms with Crippen LogP contribution in [0.2, 0.25) is 0 Å². The Labute approximate surface area is 122 Å².